The Morgan fingerprint density at radius 2 is 1.75 bits per heavy atom. The molecule has 0 heterocycles. The molecule has 0 aromatic carbocycles. The second kappa shape index (κ2) is 5.96. The normalized spacial score (nSPS) is 9.75. The van der Waals surface area contributed by atoms with E-state index in [1.54, 1.807) is 13.8 Å². The van der Waals surface area contributed by atoms with E-state index in [4.69, 9.17) is 0 Å². The van der Waals surface area contributed by atoms with Gasteiger partial charge in [0.25, 0.3) is 0 Å². The van der Waals surface area contributed by atoms with Gasteiger partial charge in [-0.3, -0.25) is 0 Å². The Balaban J connectivity index is 0. The van der Waals surface area contributed by atoms with Crippen LogP contribution in [0.15, 0.2) is 0 Å². The van der Waals surface area contributed by atoms with Crippen molar-refractivity contribution in [1.29, 1.82) is 0 Å². The molecule has 0 radical (unpaired) electrons. The average Bonchev–Trinajstić information content (AvgIpc) is 1.27. The molecule has 0 aromatic heterocycles. The van der Waals surface area contributed by atoms with Gasteiger partial charge in [-0.15, -0.1) is 0 Å². The van der Waals surface area contributed by atoms with Crippen molar-refractivity contribution >= 4 is 8.60 Å². The first-order valence-corrected chi connectivity index (χ1v) is 3.03. The molecule has 0 aliphatic carbocycles. The quantitative estimate of drug-likeness (QED) is 0.425. The summed E-state index contributed by atoms with van der Waals surface area (Å²) in [6.07, 6.45) is -0.221. The molecule has 0 spiro atoms. The monoisotopic (exact) mass is 185 g/mol. The van der Waals surface area contributed by atoms with Crippen LogP contribution in [0.1, 0.15) is 13.8 Å². The summed E-state index contributed by atoms with van der Waals surface area (Å²) in [5, 5.41) is 0. The van der Waals surface area contributed by atoms with Gasteiger partial charge in [-0.05, 0) is 13.8 Å². The summed E-state index contributed by atoms with van der Waals surface area (Å²) in [7, 11) is -2.64. The van der Waals surface area contributed by atoms with Gasteiger partial charge < -0.3 is 14.3 Å². The zero-order valence-electron chi connectivity index (χ0n) is 4.55. The molecule has 0 aliphatic heterocycles. The second-order valence-electron chi connectivity index (χ2n) is 1.38. The van der Waals surface area contributed by atoms with E-state index in [-0.39, 0.29) is 23.2 Å². The van der Waals surface area contributed by atoms with Crippen molar-refractivity contribution in [2.45, 2.75) is 20.0 Å². The average molecular weight is 186 g/mol. The summed E-state index contributed by atoms with van der Waals surface area (Å²) in [6.45, 7) is 3.32. The Bertz CT molecular complexity index is 43.8. The van der Waals surface area contributed by atoms with Crippen LogP contribution < -0.4 is 9.79 Å². The van der Waals surface area contributed by atoms with Gasteiger partial charge in [-0.1, -0.05) is 0 Å². The first-order chi connectivity index (χ1) is 3.13. The smallest absolute Gasteiger partial charge is 0.820 e. The summed E-state index contributed by atoms with van der Waals surface area (Å²) >= 11 is 0. The predicted octanol–water partition coefficient (Wildman–Crippen LogP) is -0.644. The second-order valence-corrected chi connectivity index (χ2v) is 2.04. The molecule has 0 aliphatic rings. The summed E-state index contributed by atoms with van der Waals surface area (Å²) < 4.78 is 4.20. The van der Waals surface area contributed by atoms with Gasteiger partial charge in [-0.25, -0.2) is 0 Å². The minimum Gasteiger partial charge on any atom is -0.820 e. The van der Waals surface area contributed by atoms with Gasteiger partial charge in [0.2, 0.25) is 0 Å². The van der Waals surface area contributed by atoms with Crippen molar-refractivity contribution in [2.75, 3.05) is 0 Å². The Kier molecular flexibility index (Phi) is 8.64. The maximum absolute atomic E-state index is 9.62. The number of hydrogen-bond donors (Lipinski definition) is 0. The van der Waals surface area contributed by atoms with Crippen LogP contribution >= 0.6 is 8.60 Å². The molecule has 0 aromatic rings. The van der Waals surface area contributed by atoms with Crippen LogP contribution in [-0.2, 0) is 21.6 Å². The first-order valence-electron chi connectivity index (χ1n) is 1.94. The van der Waals surface area contributed by atoms with Crippen molar-refractivity contribution in [1.82, 2.24) is 0 Å². The molecule has 8 heavy (non-hydrogen) atoms. The van der Waals surface area contributed by atoms with Crippen LogP contribution in [0.2, 0.25) is 0 Å². The number of hydrogen-bond acceptors (Lipinski definition) is 3. The standard InChI is InChI=1S/C3H7O3P.Cu/c1-3(2)6-7(4)5;/h3H,1-2H3;/q-2;+1. The van der Waals surface area contributed by atoms with Gasteiger partial charge in [0.15, 0.2) is 0 Å². The zero-order chi connectivity index (χ0) is 5.86. The molecule has 0 fully saturated rings. The maximum Gasteiger partial charge on any atom is 1.00 e. The Labute approximate surface area is 60.5 Å². The zero-order valence-corrected chi connectivity index (χ0v) is 6.39. The summed E-state index contributed by atoms with van der Waals surface area (Å²) in [5.74, 6) is 0. The van der Waals surface area contributed by atoms with Crippen LogP contribution in [0.4, 0.5) is 0 Å². The molecule has 0 unspecified atom stereocenters. The molecular weight excluding hydrogens is 179 g/mol. The fourth-order valence-corrected chi connectivity index (χ4v) is 0.516. The molecule has 0 rings (SSSR count). The van der Waals surface area contributed by atoms with E-state index in [9.17, 15) is 9.79 Å². The van der Waals surface area contributed by atoms with E-state index in [1.165, 1.54) is 0 Å². The van der Waals surface area contributed by atoms with Crippen LogP contribution in [0.5, 0.6) is 0 Å². The molecule has 0 bridgehead atoms. The van der Waals surface area contributed by atoms with Crippen molar-refractivity contribution in [3.63, 3.8) is 0 Å². The summed E-state index contributed by atoms with van der Waals surface area (Å²) in [5.41, 5.74) is 0. The minimum atomic E-state index is -2.64. The van der Waals surface area contributed by atoms with Gasteiger partial charge in [0.1, 0.15) is 0 Å². The molecule has 0 saturated heterocycles. The fourth-order valence-electron chi connectivity index (χ4n) is 0.172. The third-order valence-corrected chi connectivity index (χ3v) is 0.891. The van der Waals surface area contributed by atoms with Crippen LogP contribution in [0.25, 0.3) is 0 Å². The van der Waals surface area contributed by atoms with E-state index in [2.05, 4.69) is 4.52 Å². The van der Waals surface area contributed by atoms with Gasteiger partial charge in [-0.2, -0.15) is 8.60 Å². The largest absolute Gasteiger partial charge is 1.00 e. The van der Waals surface area contributed by atoms with E-state index >= 15 is 0 Å². The van der Waals surface area contributed by atoms with E-state index < -0.39 is 8.60 Å². The van der Waals surface area contributed by atoms with Gasteiger partial charge >= 0.3 is 17.1 Å². The topological polar surface area (TPSA) is 55.3 Å². The van der Waals surface area contributed by atoms with Crippen LogP contribution in [0.3, 0.4) is 0 Å². The van der Waals surface area contributed by atoms with E-state index in [1.807, 2.05) is 0 Å². The molecule has 0 N–H and O–H groups in total. The molecule has 0 saturated carbocycles. The maximum atomic E-state index is 9.62. The SMILES string of the molecule is CC(C)OP([O-])[O-].[Cu+]. The third kappa shape index (κ3) is 9.95. The Morgan fingerprint density at radius 1 is 1.38 bits per heavy atom. The van der Waals surface area contributed by atoms with Crippen molar-refractivity contribution in [3.8, 4) is 0 Å². The molecule has 3 nitrogen and oxygen atoms in total. The van der Waals surface area contributed by atoms with Crippen LogP contribution in [0, 0.1) is 0 Å². The van der Waals surface area contributed by atoms with Crippen LogP contribution in [-0.4, -0.2) is 6.10 Å². The van der Waals surface area contributed by atoms with Gasteiger partial charge in [0, 0.05) is 0 Å². The van der Waals surface area contributed by atoms with Gasteiger partial charge in [0.05, 0.1) is 6.10 Å². The van der Waals surface area contributed by atoms with Crippen molar-refractivity contribution in [3.05, 3.63) is 0 Å². The molecule has 5 heteroatoms. The summed E-state index contributed by atoms with van der Waals surface area (Å²) in [4.78, 5) is 19.2. The first kappa shape index (κ1) is 11.6. The number of rotatable bonds is 2. The van der Waals surface area contributed by atoms with E-state index in [0.717, 1.165) is 0 Å². The summed E-state index contributed by atoms with van der Waals surface area (Å²) in [6, 6.07) is 0. The Morgan fingerprint density at radius 3 is 1.75 bits per heavy atom. The fraction of sp³-hybridized carbons (Fsp3) is 1.00. The molecular formula is C3H7CuO3P-. The Hall–Kier alpha value is 0.829. The predicted molar refractivity (Wildman–Crippen MR) is 23.1 cm³/mol. The molecule has 0 atom stereocenters. The van der Waals surface area contributed by atoms with Crippen molar-refractivity contribution < 1.29 is 31.4 Å². The van der Waals surface area contributed by atoms with Crippen molar-refractivity contribution in [2.24, 2.45) is 0 Å². The third-order valence-electron chi connectivity index (χ3n) is 0.297. The molecule has 0 amide bonds. The van der Waals surface area contributed by atoms with E-state index in [0.29, 0.717) is 0 Å². The minimum absolute atomic E-state index is 0. The molecule has 54 valence electrons.